The SMILES string of the molecule is O=C(O)C1CCN(C(=O)c2cc(S(=O)(=O)N3CCSCC3)c[nH]2)CC1. The van der Waals surface area contributed by atoms with Gasteiger partial charge < -0.3 is 15.0 Å². The summed E-state index contributed by atoms with van der Waals surface area (Å²) in [5, 5.41) is 9.01. The Morgan fingerprint density at radius 2 is 1.80 bits per heavy atom. The highest BCUT2D eigenvalue weighted by molar-refractivity contribution is 7.99. The number of nitrogens with one attached hydrogen (secondary N) is 1. The van der Waals surface area contributed by atoms with Crippen LogP contribution in [0.3, 0.4) is 0 Å². The van der Waals surface area contributed by atoms with Gasteiger partial charge in [-0.3, -0.25) is 9.59 Å². The summed E-state index contributed by atoms with van der Waals surface area (Å²) in [6, 6.07) is 1.38. The zero-order valence-corrected chi connectivity index (χ0v) is 15.3. The molecule has 2 N–H and O–H groups in total. The first-order valence-electron chi connectivity index (χ1n) is 8.18. The summed E-state index contributed by atoms with van der Waals surface area (Å²) < 4.78 is 26.7. The zero-order chi connectivity index (χ0) is 18.0. The summed E-state index contributed by atoms with van der Waals surface area (Å²) >= 11 is 1.72. The number of amides is 1. The largest absolute Gasteiger partial charge is 0.481 e. The maximum absolute atomic E-state index is 12.6. The van der Waals surface area contributed by atoms with Crippen molar-refractivity contribution in [3.63, 3.8) is 0 Å². The summed E-state index contributed by atoms with van der Waals surface area (Å²) in [5.41, 5.74) is 0.221. The lowest BCUT2D eigenvalue weighted by Crippen LogP contribution is -2.40. The number of aromatic nitrogens is 1. The van der Waals surface area contributed by atoms with E-state index in [2.05, 4.69) is 4.98 Å². The van der Waals surface area contributed by atoms with Gasteiger partial charge in [0.2, 0.25) is 10.0 Å². The number of sulfonamides is 1. The van der Waals surface area contributed by atoms with Crippen molar-refractivity contribution in [2.24, 2.45) is 5.92 Å². The van der Waals surface area contributed by atoms with E-state index in [0.29, 0.717) is 39.0 Å². The standard InChI is InChI=1S/C15H21N3O5S2/c19-14(17-3-1-11(2-4-17)15(20)21)13-9-12(10-16-13)25(22,23)18-5-7-24-8-6-18/h9-11,16H,1-8H2,(H,20,21). The van der Waals surface area contributed by atoms with Crippen molar-refractivity contribution in [1.82, 2.24) is 14.2 Å². The quantitative estimate of drug-likeness (QED) is 0.786. The first-order valence-corrected chi connectivity index (χ1v) is 10.8. The lowest BCUT2D eigenvalue weighted by Gasteiger charge is -2.29. The second-order valence-electron chi connectivity index (χ2n) is 6.17. The van der Waals surface area contributed by atoms with Crippen molar-refractivity contribution in [3.8, 4) is 0 Å². The van der Waals surface area contributed by atoms with Crippen LogP contribution in [-0.2, 0) is 14.8 Å². The smallest absolute Gasteiger partial charge is 0.306 e. The molecule has 10 heteroatoms. The van der Waals surface area contributed by atoms with Crippen LogP contribution in [-0.4, -0.2) is 77.3 Å². The topological polar surface area (TPSA) is 111 Å². The molecule has 0 atom stereocenters. The Morgan fingerprint density at radius 1 is 1.16 bits per heavy atom. The molecule has 0 radical (unpaired) electrons. The molecule has 1 aromatic heterocycles. The molecule has 25 heavy (non-hydrogen) atoms. The highest BCUT2D eigenvalue weighted by atomic mass is 32.2. The van der Waals surface area contributed by atoms with Gasteiger partial charge in [-0.2, -0.15) is 16.1 Å². The van der Waals surface area contributed by atoms with Crippen LogP contribution in [0.1, 0.15) is 23.3 Å². The number of likely N-dealkylation sites (tertiary alicyclic amines) is 1. The number of carboxylic acid groups (broad SMARTS) is 1. The van der Waals surface area contributed by atoms with E-state index in [4.69, 9.17) is 5.11 Å². The third-order valence-corrected chi connectivity index (χ3v) is 7.45. The molecule has 0 spiro atoms. The molecule has 1 aromatic rings. The average Bonchev–Trinajstić information content (AvgIpc) is 3.13. The highest BCUT2D eigenvalue weighted by Gasteiger charge is 2.30. The van der Waals surface area contributed by atoms with E-state index in [9.17, 15) is 18.0 Å². The molecule has 0 aliphatic carbocycles. The number of nitrogens with zero attached hydrogens (tertiary/aromatic N) is 2. The van der Waals surface area contributed by atoms with Gasteiger partial charge in [0.05, 0.1) is 5.92 Å². The van der Waals surface area contributed by atoms with E-state index in [1.54, 1.807) is 16.7 Å². The second kappa shape index (κ2) is 7.38. The van der Waals surface area contributed by atoms with E-state index in [-0.39, 0.29) is 16.5 Å². The Hall–Kier alpha value is -1.52. The molecule has 2 aliphatic rings. The Labute approximate surface area is 150 Å². The monoisotopic (exact) mass is 387 g/mol. The number of hydrogen-bond acceptors (Lipinski definition) is 5. The maximum atomic E-state index is 12.6. The zero-order valence-electron chi connectivity index (χ0n) is 13.7. The van der Waals surface area contributed by atoms with Gasteiger partial charge in [0.15, 0.2) is 0 Å². The number of carboxylic acids is 1. The molecule has 8 nitrogen and oxygen atoms in total. The Kier molecular flexibility index (Phi) is 5.40. The van der Waals surface area contributed by atoms with Gasteiger partial charge in [0, 0.05) is 43.9 Å². The van der Waals surface area contributed by atoms with Gasteiger partial charge in [-0.15, -0.1) is 0 Å². The van der Waals surface area contributed by atoms with Gasteiger partial charge in [0.25, 0.3) is 5.91 Å². The fourth-order valence-corrected chi connectivity index (χ4v) is 5.65. The van der Waals surface area contributed by atoms with Gasteiger partial charge in [-0.1, -0.05) is 0 Å². The average molecular weight is 387 g/mol. The van der Waals surface area contributed by atoms with E-state index < -0.39 is 21.9 Å². The Bertz CT molecular complexity index is 747. The van der Waals surface area contributed by atoms with Crippen molar-refractivity contribution >= 4 is 33.7 Å². The van der Waals surface area contributed by atoms with Crippen LogP contribution in [0.5, 0.6) is 0 Å². The fourth-order valence-electron chi connectivity index (χ4n) is 3.08. The predicted molar refractivity (Wildman–Crippen MR) is 93.1 cm³/mol. The van der Waals surface area contributed by atoms with Crippen LogP contribution >= 0.6 is 11.8 Å². The number of aliphatic carboxylic acids is 1. The number of hydrogen-bond donors (Lipinski definition) is 2. The van der Waals surface area contributed by atoms with Crippen LogP contribution in [0.25, 0.3) is 0 Å². The molecule has 1 amide bonds. The molecule has 0 bridgehead atoms. The summed E-state index contributed by atoms with van der Waals surface area (Å²) in [6.07, 6.45) is 2.19. The molecular weight excluding hydrogens is 366 g/mol. The number of H-pyrrole nitrogens is 1. The van der Waals surface area contributed by atoms with Gasteiger partial charge in [0.1, 0.15) is 10.6 Å². The van der Waals surface area contributed by atoms with Crippen LogP contribution in [0.2, 0.25) is 0 Å². The number of carbonyl (C=O) groups excluding carboxylic acids is 1. The molecular formula is C15H21N3O5S2. The van der Waals surface area contributed by atoms with Gasteiger partial charge in [-0.25, -0.2) is 8.42 Å². The molecule has 0 aromatic carbocycles. The Morgan fingerprint density at radius 3 is 2.40 bits per heavy atom. The minimum Gasteiger partial charge on any atom is -0.481 e. The van der Waals surface area contributed by atoms with Crippen molar-refractivity contribution in [3.05, 3.63) is 18.0 Å². The minimum absolute atomic E-state index is 0.100. The first-order chi connectivity index (χ1) is 11.9. The lowest BCUT2D eigenvalue weighted by atomic mass is 9.97. The van der Waals surface area contributed by atoms with Crippen molar-refractivity contribution in [2.45, 2.75) is 17.7 Å². The maximum Gasteiger partial charge on any atom is 0.306 e. The molecule has 3 rings (SSSR count). The number of aromatic amines is 1. The predicted octanol–water partition coefficient (Wildman–Crippen LogP) is 0.689. The minimum atomic E-state index is -3.59. The fraction of sp³-hybridized carbons (Fsp3) is 0.600. The molecule has 2 saturated heterocycles. The Balaban J connectivity index is 1.69. The number of carbonyl (C=O) groups is 2. The lowest BCUT2D eigenvalue weighted by molar-refractivity contribution is -0.143. The van der Waals surface area contributed by atoms with E-state index in [1.807, 2.05) is 0 Å². The molecule has 138 valence electrons. The van der Waals surface area contributed by atoms with E-state index in [0.717, 1.165) is 11.5 Å². The normalized spacial score (nSPS) is 20.6. The second-order valence-corrected chi connectivity index (χ2v) is 9.33. The van der Waals surface area contributed by atoms with Crippen molar-refractivity contribution in [2.75, 3.05) is 37.7 Å². The molecule has 0 saturated carbocycles. The molecule has 2 fully saturated rings. The number of piperidine rings is 1. The molecule has 2 aliphatic heterocycles. The molecule has 0 unspecified atom stereocenters. The van der Waals surface area contributed by atoms with Crippen LogP contribution in [0, 0.1) is 5.92 Å². The summed E-state index contributed by atoms with van der Waals surface area (Å²) in [6.45, 7) is 1.68. The molecule has 3 heterocycles. The van der Waals surface area contributed by atoms with Crippen LogP contribution in [0.4, 0.5) is 0 Å². The summed E-state index contributed by atoms with van der Waals surface area (Å²) in [7, 11) is -3.59. The number of rotatable bonds is 4. The third kappa shape index (κ3) is 3.85. The van der Waals surface area contributed by atoms with E-state index in [1.165, 1.54) is 16.6 Å². The highest BCUT2D eigenvalue weighted by Crippen LogP contribution is 2.23. The third-order valence-electron chi connectivity index (χ3n) is 4.63. The van der Waals surface area contributed by atoms with Crippen LogP contribution in [0.15, 0.2) is 17.2 Å². The summed E-state index contributed by atoms with van der Waals surface area (Å²) in [4.78, 5) is 27.9. The van der Waals surface area contributed by atoms with E-state index >= 15 is 0 Å². The van der Waals surface area contributed by atoms with Crippen molar-refractivity contribution in [1.29, 1.82) is 0 Å². The number of thioether (sulfide) groups is 1. The van der Waals surface area contributed by atoms with Crippen molar-refractivity contribution < 1.29 is 23.1 Å². The first kappa shape index (κ1) is 18.3. The summed E-state index contributed by atoms with van der Waals surface area (Å²) in [5.74, 6) is 0.00204. The van der Waals surface area contributed by atoms with Gasteiger partial charge in [-0.05, 0) is 18.9 Å². The van der Waals surface area contributed by atoms with Gasteiger partial charge >= 0.3 is 5.97 Å². The van der Waals surface area contributed by atoms with Crippen LogP contribution < -0.4 is 0 Å².